The lowest BCUT2D eigenvalue weighted by Gasteiger charge is -2.23. The summed E-state index contributed by atoms with van der Waals surface area (Å²) in [6.07, 6.45) is 15.5. The summed E-state index contributed by atoms with van der Waals surface area (Å²) in [5.41, 5.74) is 2.38. The number of hydrogen-bond donors (Lipinski definition) is 1. The number of hydrogen-bond acceptors (Lipinski definition) is 3. The molecule has 2 aromatic carbocycles. The van der Waals surface area contributed by atoms with Gasteiger partial charge in [-0.25, -0.2) is 0 Å². The van der Waals surface area contributed by atoms with E-state index in [4.69, 9.17) is 4.37 Å². The van der Waals surface area contributed by atoms with Crippen molar-refractivity contribution >= 4 is 33.6 Å². The van der Waals surface area contributed by atoms with Crippen molar-refractivity contribution in [2.24, 2.45) is 29.6 Å². The largest absolute Gasteiger partial charge is 0.352 e. The van der Waals surface area contributed by atoms with Crippen molar-refractivity contribution in [3.8, 4) is 0 Å². The molecule has 1 amide bonds. The topological polar surface area (TPSA) is 42.0 Å². The van der Waals surface area contributed by atoms with Gasteiger partial charge in [0.05, 0.1) is 10.4 Å². The van der Waals surface area contributed by atoms with Crippen LogP contribution in [0.2, 0.25) is 0 Å². The maximum absolute atomic E-state index is 12.2. The summed E-state index contributed by atoms with van der Waals surface area (Å²) in [6, 6.07) is 18.7. The lowest BCUT2D eigenvalue weighted by molar-refractivity contribution is -0.116. The van der Waals surface area contributed by atoms with E-state index in [0.29, 0.717) is 5.92 Å². The quantitative estimate of drug-likeness (QED) is 0.227. The SMILES string of the molecule is CC(CC1CC1CNC(=O)C=Cc1ccccc1)C1CCCC(CCc2nsc3ccccc23)CC1. The third-order valence-corrected chi connectivity index (χ3v) is 9.55. The Morgan fingerprint density at radius 1 is 1.06 bits per heavy atom. The molecule has 0 saturated heterocycles. The van der Waals surface area contributed by atoms with Crippen molar-refractivity contribution in [3.05, 3.63) is 71.9 Å². The van der Waals surface area contributed by atoms with E-state index in [1.807, 2.05) is 36.4 Å². The molecule has 3 nitrogen and oxygen atoms in total. The van der Waals surface area contributed by atoms with Crippen LogP contribution in [-0.2, 0) is 11.2 Å². The van der Waals surface area contributed by atoms with E-state index >= 15 is 0 Å². The Labute approximate surface area is 220 Å². The van der Waals surface area contributed by atoms with E-state index in [9.17, 15) is 4.79 Å². The predicted octanol–water partition coefficient (Wildman–Crippen LogP) is 7.92. The van der Waals surface area contributed by atoms with Gasteiger partial charge in [0.25, 0.3) is 0 Å². The number of aryl methyl sites for hydroxylation is 1. The fraction of sp³-hybridized carbons (Fsp3) is 0.500. The minimum atomic E-state index is 0.0259. The molecule has 0 aliphatic heterocycles. The number of rotatable bonds is 10. The molecule has 4 heteroatoms. The number of aromatic nitrogens is 1. The number of nitrogens with zero attached hydrogens (tertiary/aromatic N) is 1. The van der Waals surface area contributed by atoms with Crippen LogP contribution in [0.4, 0.5) is 0 Å². The van der Waals surface area contributed by atoms with Gasteiger partial charge in [-0.05, 0) is 90.9 Å². The first-order valence-electron chi connectivity index (χ1n) is 14.0. The molecule has 1 aromatic heterocycles. The van der Waals surface area contributed by atoms with E-state index in [0.717, 1.165) is 42.2 Å². The summed E-state index contributed by atoms with van der Waals surface area (Å²) < 4.78 is 6.08. The van der Waals surface area contributed by atoms with Crippen LogP contribution in [0.15, 0.2) is 60.7 Å². The number of nitrogens with one attached hydrogen (secondary N) is 1. The van der Waals surface area contributed by atoms with Crippen LogP contribution < -0.4 is 5.32 Å². The molecule has 0 spiro atoms. The summed E-state index contributed by atoms with van der Waals surface area (Å²) in [6.45, 7) is 3.32. The molecular weight excluding hydrogens is 460 g/mol. The number of carbonyl (C=O) groups is 1. The van der Waals surface area contributed by atoms with Crippen LogP contribution in [0, 0.1) is 29.6 Å². The standard InChI is InChI=1S/C32H40N2OS/c1-23(20-27-21-28(27)22-33-32(35)19-16-24-8-3-2-4-9-24)26-11-7-10-25(14-17-26)15-18-30-29-12-5-6-13-31(29)36-34-30/h2-6,8-9,12-13,16,19,23,25-28H,7,10-11,14-15,17-18,20-22H2,1H3,(H,33,35). The highest BCUT2D eigenvalue weighted by Crippen LogP contribution is 2.46. The van der Waals surface area contributed by atoms with Gasteiger partial charge in [-0.15, -0.1) is 0 Å². The normalized spacial score (nSPS) is 25.0. The smallest absolute Gasteiger partial charge is 0.244 e. The second-order valence-electron chi connectivity index (χ2n) is 11.3. The van der Waals surface area contributed by atoms with Crippen LogP contribution in [0.5, 0.6) is 0 Å². The van der Waals surface area contributed by atoms with Crippen molar-refractivity contribution < 1.29 is 4.79 Å². The molecule has 36 heavy (non-hydrogen) atoms. The monoisotopic (exact) mass is 500 g/mol. The molecule has 190 valence electrons. The van der Waals surface area contributed by atoms with Gasteiger partial charge in [-0.1, -0.05) is 81.1 Å². The van der Waals surface area contributed by atoms with Gasteiger partial charge in [-0.2, -0.15) is 4.37 Å². The molecule has 3 aromatic rings. The Kier molecular flexibility index (Phi) is 8.53. The first kappa shape index (κ1) is 25.2. The second-order valence-corrected chi connectivity index (χ2v) is 12.1. The number of amides is 1. The third kappa shape index (κ3) is 6.85. The van der Waals surface area contributed by atoms with Gasteiger partial charge < -0.3 is 5.32 Å². The van der Waals surface area contributed by atoms with Crippen molar-refractivity contribution in [2.45, 2.75) is 64.7 Å². The molecule has 5 rings (SSSR count). The van der Waals surface area contributed by atoms with E-state index in [-0.39, 0.29) is 5.91 Å². The van der Waals surface area contributed by atoms with Crippen LogP contribution >= 0.6 is 11.5 Å². The van der Waals surface area contributed by atoms with Crippen molar-refractivity contribution in [3.63, 3.8) is 0 Å². The molecule has 2 saturated carbocycles. The fourth-order valence-electron chi connectivity index (χ4n) is 6.27. The highest BCUT2D eigenvalue weighted by atomic mass is 32.1. The minimum Gasteiger partial charge on any atom is -0.352 e. The summed E-state index contributed by atoms with van der Waals surface area (Å²) in [5, 5.41) is 4.49. The average Bonchev–Trinajstić information content (AvgIpc) is 3.59. The summed E-state index contributed by atoms with van der Waals surface area (Å²) >= 11 is 1.65. The summed E-state index contributed by atoms with van der Waals surface area (Å²) in [5.74, 6) is 4.03. The van der Waals surface area contributed by atoms with Gasteiger partial charge in [0.15, 0.2) is 0 Å². The van der Waals surface area contributed by atoms with E-state index in [1.165, 1.54) is 67.1 Å². The zero-order valence-corrected chi connectivity index (χ0v) is 22.4. The molecule has 5 atom stereocenters. The summed E-state index contributed by atoms with van der Waals surface area (Å²) in [4.78, 5) is 12.2. The second kappa shape index (κ2) is 12.2. The van der Waals surface area contributed by atoms with E-state index in [1.54, 1.807) is 17.6 Å². The maximum atomic E-state index is 12.2. The molecule has 1 N–H and O–H groups in total. The summed E-state index contributed by atoms with van der Waals surface area (Å²) in [7, 11) is 0. The molecule has 2 fully saturated rings. The Bertz CT molecular complexity index is 1150. The zero-order chi connectivity index (χ0) is 24.7. The van der Waals surface area contributed by atoms with Crippen molar-refractivity contribution in [2.75, 3.05) is 6.54 Å². The third-order valence-electron chi connectivity index (χ3n) is 8.69. The molecule has 1 heterocycles. The Balaban J connectivity index is 1.00. The lowest BCUT2D eigenvalue weighted by atomic mass is 9.83. The van der Waals surface area contributed by atoms with Crippen LogP contribution in [0.3, 0.4) is 0 Å². The van der Waals surface area contributed by atoms with Crippen molar-refractivity contribution in [1.29, 1.82) is 0 Å². The molecule has 2 aliphatic rings. The fourth-order valence-corrected chi connectivity index (χ4v) is 7.09. The van der Waals surface area contributed by atoms with Gasteiger partial charge in [0.1, 0.15) is 0 Å². The number of benzene rings is 2. The van der Waals surface area contributed by atoms with E-state index in [2.05, 4.69) is 36.5 Å². The molecule has 0 bridgehead atoms. The van der Waals surface area contributed by atoms with Gasteiger partial charge in [0.2, 0.25) is 5.91 Å². The van der Waals surface area contributed by atoms with Crippen LogP contribution in [0.1, 0.15) is 69.5 Å². The zero-order valence-electron chi connectivity index (χ0n) is 21.6. The molecule has 0 radical (unpaired) electrons. The number of fused-ring (bicyclic) bond motifs is 1. The van der Waals surface area contributed by atoms with Gasteiger partial charge in [0, 0.05) is 18.0 Å². The number of carbonyl (C=O) groups excluding carboxylic acids is 1. The average molecular weight is 501 g/mol. The Morgan fingerprint density at radius 2 is 1.89 bits per heavy atom. The highest BCUT2D eigenvalue weighted by molar-refractivity contribution is 7.13. The van der Waals surface area contributed by atoms with E-state index < -0.39 is 0 Å². The predicted molar refractivity (Wildman–Crippen MR) is 152 cm³/mol. The van der Waals surface area contributed by atoms with Crippen LogP contribution in [0.25, 0.3) is 16.2 Å². The Hall–Kier alpha value is -2.46. The minimum absolute atomic E-state index is 0.0259. The van der Waals surface area contributed by atoms with Gasteiger partial charge >= 0.3 is 0 Å². The Morgan fingerprint density at radius 3 is 2.78 bits per heavy atom. The first-order chi connectivity index (χ1) is 17.7. The molecule has 2 aliphatic carbocycles. The highest BCUT2D eigenvalue weighted by Gasteiger charge is 2.39. The molecule has 5 unspecified atom stereocenters. The first-order valence-corrected chi connectivity index (χ1v) is 14.8. The van der Waals surface area contributed by atoms with Gasteiger partial charge in [-0.3, -0.25) is 4.79 Å². The van der Waals surface area contributed by atoms with Crippen LogP contribution in [-0.4, -0.2) is 16.8 Å². The lowest BCUT2D eigenvalue weighted by Crippen LogP contribution is -2.24. The maximum Gasteiger partial charge on any atom is 0.244 e. The molecular formula is C32H40N2OS. The van der Waals surface area contributed by atoms with Crippen molar-refractivity contribution in [1.82, 2.24) is 9.69 Å².